The fourth-order valence-corrected chi connectivity index (χ4v) is 1.86. The maximum Gasteiger partial charge on any atom is 0.412 e. The Morgan fingerprint density at radius 1 is 1.08 bits per heavy atom. The van der Waals surface area contributed by atoms with E-state index in [1.807, 2.05) is 41.9 Å². The molecule has 1 heterocycles. The zero-order valence-electron chi connectivity index (χ0n) is 15.5. The van der Waals surface area contributed by atoms with Crippen LogP contribution in [0.25, 0.3) is 0 Å². The molecule has 0 saturated carbocycles. The number of carbonyl (C=O) groups excluding carboxylic acids is 1. The molecular formula is C18H25N4O3+. The molecule has 1 amide bonds. The van der Waals surface area contributed by atoms with Gasteiger partial charge in [0.2, 0.25) is 5.88 Å². The third kappa shape index (κ3) is 6.04. The van der Waals surface area contributed by atoms with Crippen LogP contribution in [0, 0.1) is 0 Å². The van der Waals surface area contributed by atoms with Gasteiger partial charge < -0.3 is 9.47 Å². The standard InChI is InChI=1S/C18H24N4O3/c1-18(2,3)25-17(23)20-13-7-9-14(10-8-13)24-15-11-12-19-16(21-15)22(4,5)6/h7-12H,1-6H3/p+1. The minimum Gasteiger partial charge on any atom is -0.444 e. The van der Waals surface area contributed by atoms with E-state index in [2.05, 4.69) is 15.3 Å². The molecule has 1 N–H and O–H groups in total. The second-order valence-corrected chi connectivity index (χ2v) is 7.46. The fraction of sp³-hybridized carbons (Fsp3) is 0.389. The highest BCUT2D eigenvalue weighted by atomic mass is 16.6. The summed E-state index contributed by atoms with van der Waals surface area (Å²) in [4.78, 5) is 20.4. The number of aromatic nitrogens is 2. The normalized spacial score (nSPS) is 11.8. The maximum atomic E-state index is 11.8. The first-order valence-corrected chi connectivity index (χ1v) is 7.96. The van der Waals surface area contributed by atoms with Gasteiger partial charge in [-0.05, 0) is 45.0 Å². The van der Waals surface area contributed by atoms with Gasteiger partial charge in [0.25, 0.3) is 0 Å². The van der Waals surface area contributed by atoms with Gasteiger partial charge in [-0.1, -0.05) is 0 Å². The van der Waals surface area contributed by atoms with Crippen molar-refractivity contribution in [3.8, 4) is 11.6 Å². The number of anilines is 1. The van der Waals surface area contributed by atoms with Crippen molar-refractivity contribution in [3.63, 3.8) is 0 Å². The van der Waals surface area contributed by atoms with E-state index in [-0.39, 0.29) is 0 Å². The summed E-state index contributed by atoms with van der Waals surface area (Å²) >= 11 is 0. The van der Waals surface area contributed by atoms with Crippen molar-refractivity contribution in [1.82, 2.24) is 14.5 Å². The molecular weight excluding hydrogens is 320 g/mol. The van der Waals surface area contributed by atoms with Crippen LogP contribution < -0.4 is 14.5 Å². The van der Waals surface area contributed by atoms with E-state index in [9.17, 15) is 4.79 Å². The fourth-order valence-electron chi connectivity index (χ4n) is 1.86. The van der Waals surface area contributed by atoms with Crippen LogP contribution >= 0.6 is 0 Å². The van der Waals surface area contributed by atoms with Crippen LogP contribution in [0.5, 0.6) is 11.6 Å². The largest absolute Gasteiger partial charge is 0.444 e. The third-order valence-electron chi connectivity index (χ3n) is 2.94. The Morgan fingerprint density at radius 2 is 1.72 bits per heavy atom. The summed E-state index contributed by atoms with van der Waals surface area (Å²) in [6, 6.07) is 8.68. The second kappa shape index (κ2) is 7.06. The lowest BCUT2D eigenvalue weighted by Gasteiger charge is -2.20. The molecule has 0 bridgehead atoms. The van der Waals surface area contributed by atoms with E-state index < -0.39 is 11.7 Å². The van der Waals surface area contributed by atoms with E-state index in [0.29, 0.717) is 27.7 Å². The van der Waals surface area contributed by atoms with Crippen molar-refractivity contribution in [2.45, 2.75) is 26.4 Å². The number of carbonyl (C=O) groups is 1. The van der Waals surface area contributed by atoms with Crippen molar-refractivity contribution in [2.24, 2.45) is 0 Å². The number of nitrogens with one attached hydrogen (secondary N) is 1. The predicted octanol–water partition coefficient (Wildman–Crippen LogP) is 3.81. The average Bonchev–Trinajstić information content (AvgIpc) is 2.47. The molecule has 0 fully saturated rings. The zero-order valence-corrected chi connectivity index (χ0v) is 15.5. The summed E-state index contributed by atoms with van der Waals surface area (Å²) in [6.07, 6.45) is 1.17. The van der Waals surface area contributed by atoms with Crippen LogP contribution in [-0.4, -0.2) is 42.8 Å². The Labute approximate surface area is 148 Å². The first-order chi connectivity index (χ1) is 11.5. The molecule has 134 valence electrons. The monoisotopic (exact) mass is 345 g/mol. The lowest BCUT2D eigenvalue weighted by atomic mass is 10.2. The van der Waals surface area contributed by atoms with Gasteiger partial charge in [0.1, 0.15) is 11.4 Å². The molecule has 0 aliphatic heterocycles. The van der Waals surface area contributed by atoms with Gasteiger partial charge in [-0.25, -0.2) is 4.79 Å². The molecule has 0 aliphatic carbocycles. The molecule has 0 spiro atoms. The number of hydrogen-bond acceptors (Lipinski definition) is 5. The first-order valence-electron chi connectivity index (χ1n) is 7.96. The van der Waals surface area contributed by atoms with E-state index in [1.54, 1.807) is 36.5 Å². The summed E-state index contributed by atoms with van der Waals surface area (Å²) in [5, 5.41) is 2.67. The molecule has 0 radical (unpaired) electrons. The number of ether oxygens (including phenoxy) is 2. The Kier molecular flexibility index (Phi) is 5.27. The summed E-state index contributed by atoms with van der Waals surface area (Å²) in [6.45, 7) is 5.45. The average molecular weight is 345 g/mol. The summed E-state index contributed by atoms with van der Waals surface area (Å²) in [5.41, 5.74) is 0.0833. The van der Waals surface area contributed by atoms with Crippen molar-refractivity contribution in [3.05, 3.63) is 36.5 Å². The van der Waals surface area contributed by atoms with Crippen LogP contribution in [0.3, 0.4) is 0 Å². The number of nitrogens with zero attached hydrogens (tertiary/aromatic N) is 3. The van der Waals surface area contributed by atoms with Gasteiger partial charge >= 0.3 is 12.0 Å². The summed E-state index contributed by atoms with van der Waals surface area (Å²) in [7, 11) is 5.95. The molecule has 1 aromatic heterocycles. The van der Waals surface area contributed by atoms with Gasteiger partial charge in [0, 0.05) is 18.0 Å². The lowest BCUT2D eigenvalue weighted by Crippen LogP contribution is -2.36. The Hall–Kier alpha value is -2.67. The van der Waals surface area contributed by atoms with E-state index in [0.717, 1.165) is 0 Å². The van der Waals surface area contributed by atoms with Crippen LogP contribution in [0.4, 0.5) is 16.4 Å². The smallest absolute Gasteiger partial charge is 0.412 e. The van der Waals surface area contributed by atoms with Crippen molar-refractivity contribution in [1.29, 1.82) is 0 Å². The highest BCUT2D eigenvalue weighted by Crippen LogP contribution is 2.23. The molecule has 25 heavy (non-hydrogen) atoms. The maximum absolute atomic E-state index is 11.8. The molecule has 2 rings (SSSR count). The van der Waals surface area contributed by atoms with Crippen LogP contribution in [0.1, 0.15) is 20.8 Å². The van der Waals surface area contributed by atoms with Gasteiger partial charge in [-0.2, -0.15) is 4.98 Å². The van der Waals surface area contributed by atoms with Crippen LogP contribution in [0.15, 0.2) is 36.5 Å². The van der Waals surface area contributed by atoms with E-state index in [1.165, 1.54) is 0 Å². The topological polar surface area (TPSA) is 73.3 Å². The lowest BCUT2D eigenvalue weighted by molar-refractivity contribution is 0.0636. The quantitative estimate of drug-likeness (QED) is 0.853. The zero-order chi connectivity index (χ0) is 18.7. The predicted molar refractivity (Wildman–Crippen MR) is 98.0 cm³/mol. The molecule has 0 atom stereocenters. The minimum atomic E-state index is -0.538. The van der Waals surface area contributed by atoms with Gasteiger partial charge in [-0.3, -0.25) is 9.80 Å². The van der Waals surface area contributed by atoms with Crippen molar-refractivity contribution >= 4 is 17.7 Å². The number of amides is 1. The Bertz CT molecular complexity index is 731. The van der Waals surface area contributed by atoms with Gasteiger partial charge in [0.15, 0.2) is 0 Å². The second-order valence-electron chi connectivity index (χ2n) is 7.46. The number of benzene rings is 1. The van der Waals surface area contributed by atoms with Gasteiger partial charge in [0.05, 0.1) is 21.1 Å². The molecule has 2 aromatic rings. The Balaban J connectivity index is 2.02. The van der Waals surface area contributed by atoms with E-state index in [4.69, 9.17) is 9.47 Å². The SMILES string of the molecule is CC(C)(C)OC(=O)Nc1ccc(Oc2ccnc([N+](C)(C)C)n2)cc1. The van der Waals surface area contributed by atoms with Crippen molar-refractivity contribution in [2.75, 3.05) is 26.5 Å². The van der Waals surface area contributed by atoms with Crippen molar-refractivity contribution < 1.29 is 14.3 Å². The third-order valence-corrected chi connectivity index (χ3v) is 2.94. The van der Waals surface area contributed by atoms with Crippen LogP contribution in [0.2, 0.25) is 0 Å². The first kappa shape index (κ1) is 18.7. The summed E-state index contributed by atoms with van der Waals surface area (Å²) in [5.74, 6) is 1.73. The minimum absolute atomic E-state index is 0.464. The molecule has 1 aromatic carbocycles. The van der Waals surface area contributed by atoms with Gasteiger partial charge in [-0.15, -0.1) is 4.98 Å². The van der Waals surface area contributed by atoms with E-state index >= 15 is 0 Å². The highest BCUT2D eigenvalue weighted by Gasteiger charge is 2.17. The molecule has 7 nitrogen and oxygen atoms in total. The highest BCUT2D eigenvalue weighted by molar-refractivity contribution is 5.84. The molecule has 0 saturated heterocycles. The van der Waals surface area contributed by atoms with Crippen LogP contribution in [-0.2, 0) is 4.74 Å². The summed E-state index contributed by atoms with van der Waals surface area (Å²) < 4.78 is 11.5. The molecule has 0 unspecified atom stereocenters. The Morgan fingerprint density at radius 3 is 2.28 bits per heavy atom. The number of quaternary nitrogens is 1. The number of hydrogen-bond donors (Lipinski definition) is 1. The number of rotatable bonds is 4. The molecule has 7 heteroatoms. The molecule has 0 aliphatic rings.